The molecule has 2 N–H and O–H groups in total. The Bertz CT molecular complexity index is 700. The maximum Gasteiger partial charge on any atom is 0.225 e. The fraction of sp³-hybridized carbons (Fsp3) is 0.308. The highest BCUT2D eigenvalue weighted by atomic mass is 32.1. The van der Waals surface area contributed by atoms with Gasteiger partial charge in [-0.2, -0.15) is 10.1 Å². The number of hydrogen-bond acceptors (Lipinski definition) is 5. The van der Waals surface area contributed by atoms with Gasteiger partial charge in [0.1, 0.15) is 0 Å². The summed E-state index contributed by atoms with van der Waals surface area (Å²) in [5, 5.41) is 13.3. The second-order valence-corrected chi connectivity index (χ2v) is 5.52. The highest BCUT2D eigenvalue weighted by molar-refractivity contribution is 7.10. The fourth-order valence-corrected chi connectivity index (χ4v) is 2.63. The molecule has 3 aromatic rings. The maximum atomic E-state index is 4.62. The molecule has 3 rings (SSSR count). The third-order valence-corrected chi connectivity index (χ3v) is 3.71. The largest absolute Gasteiger partial charge is 0.354 e. The third-order valence-electron chi connectivity index (χ3n) is 2.85. The lowest BCUT2D eigenvalue weighted by atomic mass is 10.2. The number of anilines is 1. The molecule has 0 bridgehead atoms. The van der Waals surface area contributed by atoms with Crippen molar-refractivity contribution < 1.29 is 0 Å². The average molecular weight is 273 g/mol. The standard InChI is InChI=1S/C13H15N5S/c1-3-4-14-13-16-11(9-5-8(2)19-7-9)10-6-15-18-12(10)17-13/h5-7H,3-4H2,1-2H3,(H2,14,15,16,17,18). The Kier molecular flexibility index (Phi) is 3.16. The highest BCUT2D eigenvalue weighted by Crippen LogP contribution is 2.29. The Hall–Kier alpha value is -1.95. The van der Waals surface area contributed by atoms with Crippen LogP contribution >= 0.6 is 11.3 Å². The summed E-state index contributed by atoms with van der Waals surface area (Å²) in [7, 11) is 0. The highest BCUT2D eigenvalue weighted by Gasteiger charge is 2.12. The normalized spacial score (nSPS) is 11.1. The van der Waals surface area contributed by atoms with E-state index in [1.807, 2.05) is 0 Å². The molecule has 0 aromatic carbocycles. The number of nitrogens with zero attached hydrogens (tertiary/aromatic N) is 3. The van der Waals surface area contributed by atoms with Crippen LogP contribution in [-0.4, -0.2) is 26.7 Å². The van der Waals surface area contributed by atoms with Crippen molar-refractivity contribution in [2.45, 2.75) is 20.3 Å². The molecule has 98 valence electrons. The van der Waals surface area contributed by atoms with Gasteiger partial charge in [0.25, 0.3) is 0 Å². The van der Waals surface area contributed by atoms with Crippen LogP contribution < -0.4 is 5.32 Å². The van der Waals surface area contributed by atoms with Crippen molar-refractivity contribution in [2.75, 3.05) is 11.9 Å². The van der Waals surface area contributed by atoms with Gasteiger partial charge < -0.3 is 5.32 Å². The summed E-state index contributed by atoms with van der Waals surface area (Å²) in [6.45, 7) is 5.07. The molecule has 0 aliphatic rings. The number of H-pyrrole nitrogens is 1. The summed E-state index contributed by atoms with van der Waals surface area (Å²) in [6.07, 6.45) is 2.82. The summed E-state index contributed by atoms with van der Waals surface area (Å²) in [5.41, 5.74) is 2.82. The van der Waals surface area contributed by atoms with E-state index in [1.54, 1.807) is 17.5 Å². The van der Waals surface area contributed by atoms with E-state index in [2.05, 4.69) is 50.8 Å². The molecule has 0 aliphatic carbocycles. The first-order valence-electron chi connectivity index (χ1n) is 6.28. The minimum absolute atomic E-state index is 0.650. The van der Waals surface area contributed by atoms with Gasteiger partial charge in [-0.1, -0.05) is 6.92 Å². The molecule has 0 fully saturated rings. The molecule has 6 heteroatoms. The van der Waals surface area contributed by atoms with Crippen molar-refractivity contribution >= 4 is 28.3 Å². The van der Waals surface area contributed by atoms with Gasteiger partial charge in [-0.25, -0.2) is 4.98 Å². The Balaban J connectivity index is 2.12. The lowest BCUT2D eigenvalue weighted by Crippen LogP contribution is -2.05. The van der Waals surface area contributed by atoms with Crippen LogP contribution in [0.15, 0.2) is 17.6 Å². The van der Waals surface area contributed by atoms with Gasteiger partial charge >= 0.3 is 0 Å². The van der Waals surface area contributed by atoms with Crippen LogP contribution in [0.5, 0.6) is 0 Å². The number of aromatic amines is 1. The predicted molar refractivity (Wildman–Crippen MR) is 78.5 cm³/mol. The van der Waals surface area contributed by atoms with Crippen LogP contribution in [0.4, 0.5) is 5.95 Å². The van der Waals surface area contributed by atoms with E-state index in [1.165, 1.54) is 4.88 Å². The number of thiophene rings is 1. The van der Waals surface area contributed by atoms with E-state index in [0.29, 0.717) is 5.95 Å². The summed E-state index contributed by atoms with van der Waals surface area (Å²) in [5.74, 6) is 0.650. The van der Waals surface area contributed by atoms with E-state index in [-0.39, 0.29) is 0 Å². The van der Waals surface area contributed by atoms with Crippen molar-refractivity contribution in [3.63, 3.8) is 0 Å². The van der Waals surface area contributed by atoms with E-state index in [4.69, 9.17) is 0 Å². The Morgan fingerprint density at radius 3 is 3.00 bits per heavy atom. The molecule has 0 unspecified atom stereocenters. The SMILES string of the molecule is CCCNc1nc(-c2csc(C)c2)c2cn[nH]c2n1. The number of aromatic nitrogens is 4. The van der Waals surface area contributed by atoms with Crippen molar-refractivity contribution in [2.24, 2.45) is 0 Å². The van der Waals surface area contributed by atoms with Gasteiger partial charge in [0.05, 0.1) is 17.3 Å². The molecular formula is C13H15N5S. The van der Waals surface area contributed by atoms with Gasteiger partial charge in [-0.3, -0.25) is 5.10 Å². The van der Waals surface area contributed by atoms with Crippen LogP contribution in [0.3, 0.4) is 0 Å². The minimum Gasteiger partial charge on any atom is -0.354 e. The number of nitrogens with one attached hydrogen (secondary N) is 2. The molecule has 3 aromatic heterocycles. The molecule has 19 heavy (non-hydrogen) atoms. The first-order valence-corrected chi connectivity index (χ1v) is 7.16. The lowest BCUT2D eigenvalue weighted by molar-refractivity contribution is 0.955. The second kappa shape index (κ2) is 4.97. The van der Waals surface area contributed by atoms with Crippen LogP contribution in [0.25, 0.3) is 22.3 Å². The summed E-state index contributed by atoms with van der Waals surface area (Å²) >= 11 is 1.72. The van der Waals surface area contributed by atoms with Gasteiger partial charge in [0, 0.05) is 22.4 Å². The molecule has 0 atom stereocenters. The molecule has 0 aliphatic heterocycles. The quantitative estimate of drug-likeness (QED) is 0.766. The van der Waals surface area contributed by atoms with E-state index in [9.17, 15) is 0 Å². The van der Waals surface area contributed by atoms with Gasteiger partial charge in [-0.15, -0.1) is 11.3 Å². The van der Waals surface area contributed by atoms with Crippen molar-refractivity contribution in [3.05, 3.63) is 22.5 Å². The lowest BCUT2D eigenvalue weighted by Gasteiger charge is -2.05. The van der Waals surface area contributed by atoms with Crippen LogP contribution in [0, 0.1) is 6.92 Å². The fourth-order valence-electron chi connectivity index (χ4n) is 1.94. The number of fused-ring (bicyclic) bond motifs is 1. The van der Waals surface area contributed by atoms with Gasteiger partial charge in [0.2, 0.25) is 5.95 Å². The summed E-state index contributed by atoms with van der Waals surface area (Å²) in [4.78, 5) is 10.3. The third kappa shape index (κ3) is 2.31. The first-order chi connectivity index (χ1) is 9.28. The molecule has 0 saturated heterocycles. The van der Waals surface area contributed by atoms with Crippen LogP contribution in [-0.2, 0) is 0 Å². The monoisotopic (exact) mass is 273 g/mol. The van der Waals surface area contributed by atoms with Crippen LogP contribution in [0.2, 0.25) is 0 Å². The zero-order valence-corrected chi connectivity index (χ0v) is 11.7. The summed E-state index contributed by atoms with van der Waals surface area (Å²) in [6, 6.07) is 2.14. The Morgan fingerprint density at radius 2 is 2.26 bits per heavy atom. The topological polar surface area (TPSA) is 66.5 Å². The Labute approximate surface area is 115 Å². The molecule has 0 amide bonds. The Morgan fingerprint density at radius 1 is 1.37 bits per heavy atom. The average Bonchev–Trinajstić information content (AvgIpc) is 3.03. The number of hydrogen-bond donors (Lipinski definition) is 2. The van der Waals surface area contributed by atoms with Gasteiger partial charge in [-0.05, 0) is 19.4 Å². The van der Waals surface area contributed by atoms with E-state index in [0.717, 1.165) is 35.3 Å². The molecule has 0 saturated carbocycles. The zero-order chi connectivity index (χ0) is 13.2. The number of aryl methyl sites for hydroxylation is 1. The summed E-state index contributed by atoms with van der Waals surface area (Å²) < 4.78 is 0. The van der Waals surface area contributed by atoms with Crippen molar-refractivity contribution in [1.82, 2.24) is 20.2 Å². The van der Waals surface area contributed by atoms with Crippen LogP contribution in [0.1, 0.15) is 18.2 Å². The molecule has 0 spiro atoms. The first kappa shape index (κ1) is 12.1. The molecule has 0 radical (unpaired) electrons. The maximum absolute atomic E-state index is 4.62. The van der Waals surface area contributed by atoms with E-state index >= 15 is 0 Å². The second-order valence-electron chi connectivity index (χ2n) is 4.40. The molecule has 3 heterocycles. The zero-order valence-electron chi connectivity index (χ0n) is 10.9. The van der Waals surface area contributed by atoms with Gasteiger partial charge in [0.15, 0.2) is 5.65 Å². The smallest absolute Gasteiger partial charge is 0.225 e. The predicted octanol–water partition coefficient (Wildman–Crippen LogP) is 3.21. The molecular weight excluding hydrogens is 258 g/mol. The molecule has 5 nitrogen and oxygen atoms in total. The number of rotatable bonds is 4. The van der Waals surface area contributed by atoms with E-state index < -0.39 is 0 Å². The van der Waals surface area contributed by atoms with Crippen molar-refractivity contribution in [3.8, 4) is 11.3 Å². The minimum atomic E-state index is 0.650. The van der Waals surface area contributed by atoms with Crippen molar-refractivity contribution in [1.29, 1.82) is 0 Å².